The Balaban J connectivity index is 1.89. The molecule has 0 saturated carbocycles. The Morgan fingerprint density at radius 1 is 1.17 bits per heavy atom. The Labute approximate surface area is 140 Å². The quantitative estimate of drug-likeness (QED) is 0.883. The van der Waals surface area contributed by atoms with Crippen molar-refractivity contribution >= 4 is 23.4 Å². The normalized spacial score (nSPS) is 10.4. The number of benzene rings is 1. The van der Waals surface area contributed by atoms with Crippen molar-refractivity contribution in [3.63, 3.8) is 0 Å². The second kappa shape index (κ2) is 7.83. The van der Waals surface area contributed by atoms with Crippen LogP contribution in [0.2, 0.25) is 5.02 Å². The number of hydrogen-bond donors (Lipinski definition) is 1. The van der Waals surface area contributed by atoms with Crippen LogP contribution in [0.3, 0.4) is 0 Å². The molecule has 0 spiro atoms. The van der Waals surface area contributed by atoms with Crippen molar-refractivity contribution < 1.29 is 14.0 Å². The number of carbonyl (C=O) groups excluding carboxylic acids is 2. The van der Waals surface area contributed by atoms with Gasteiger partial charge in [-0.1, -0.05) is 23.7 Å². The molecule has 1 heterocycles. The van der Waals surface area contributed by atoms with Gasteiger partial charge in [0.05, 0.1) is 6.54 Å². The van der Waals surface area contributed by atoms with Crippen LogP contribution in [0, 0.1) is 6.92 Å². The van der Waals surface area contributed by atoms with Crippen LogP contribution in [0.25, 0.3) is 0 Å². The number of nitrogens with one attached hydrogen (secondary N) is 1. The summed E-state index contributed by atoms with van der Waals surface area (Å²) >= 11 is 5.82. The first kappa shape index (κ1) is 17.1. The molecular weight excluding hydrogens is 316 g/mol. The van der Waals surface area contributed by atoms with Crippen molar-refractivity contribution in [3.8, 4) is 0 Å². The van der Waals surface area contributed by atoms with Crippen LogP contribution in [-0.4, -0.2) is 29.8 Å². The van der Waals surface area contributed by atoms with Crippen molar-refractivity contribution in [2.45, 2.75) is 20.4 Å². The fourth-order valence-electron chi connectivity index (χ4n) is 2.06. The van der Waals surface area contributed by atoms with Gasteiger partial charge < -0.3 is 14.6 Å². The first-order valence-corrected chi connectivity index (χ1v) is 7.74. The minimum Gasteiger partial charge on any atom is -0.456 e. The van der Waals surface area contributed by atoms with E-state index in [1.165, 1.54) is 4.90 Å². The summed E-state index contributed by atoms with van der Waals surface area (Å²) in [5, 5.41) is 3.44. The molecule has 5 nitrogen and oxygen atoms in total. The predicted octanol–water partition coefficient (Wildman–Crippen LogP) is 3.02. The van der Waals surface area contributed by atoms with Crippen molar-refractivity contribution in [2.75, 3.05) is 13.1 Å². The molecule has 1 N–H and O–H groups in total. The number of likely N-dealkylation sites (N-methyl/N-ethyl adjacent to an activating group) is 1. The highest BCUT2D eigenvalue weighted by Gasteiger charge is 2.19. The smallest absolute Gasteiger partial charge is 0.290 e. The molecule has 1 aromatic heterocycles. The van der Waals surface area contributed by atoms with Gasteiger partial charge in [0.1, 0.15) is 5.76 Å². The summed E-state index contributed by atoms with van der Waals surface area (Å²) in [7, 11) is 0. The second-order valence-electron chi connectivity index (χ2n) is 5.13. The molecule has 2 amide bonds. The molecule has 0 atom stereocenters. The van der Waals surface area contributed by atoms with Crippen molar-refractivity contribution in [3.05, 3.63) is 58.5 Å². The summed E-state index contributed by atoms with van der Waals surface area (Å²) in [6.07, 6.45) is 0. The summed E-state index contributed by atoms with van der Waals surface area (Å²) in [6.45, 7) is 4.39. The zero-order valence-corrected chi connectivity index (χ0v) is 13.9. The molecule has 122 valence electrons. The maximum absolute atomic E-state index is 12.3. The fourth-order valence-corrected chi connectivity index (χ4v) is 2.19. The van der Waals surface area contributed by atoms with Gasteiger partial charge in [-0.15, -0.1) is 0 Å². The Hall–Kier alpha value is -2.27. The van der Waals surface area contributed by atoms with E-state index in [4.69, 9.17) is 16.0 Å². The lowest BCUT2D eigenvalue weighted by Crippen LogP contribution is -2.40. The minimum atomic E-state index is -0.290. The van der Waals surface area contributed by atoms with E-state index in [2.05, 4.69) is 5.32 Å². The monoisotopic (exact) mass is 334 g/mol. The molecular formula is C17H19ClN2O3. The molecule has 6 heteroatoms. The number of nitrogens with zero attached hydrogens (tertiary/aromatic N) is 1. The molecule has 2 aromatic rings. The third-order valence-electron chi connectivity index (χ3n) is 3.36. The van der Waals surface area contributed by atoms with E-state index in [0.717, 1.165) is 5.56 Å². The number of halogens is 1. The Kier molecular flexibility index (Phi) is 5.82. The molecule has 0 fully saturated rings. The fraction of sp³-hybridized carbons (Fsp3) is 0.294. The van der Waals surface area contributed by atoms with E-state index in [9.17, 15) is 9.59 Å². The summed E-state index contributed by atoms with van der Waals surface area (Å²) in [4.78, 5) is 25.7. The van der Waals surface area contributed by atoms with Crippen LogP contribution < -0.4 is 5.32 Å². The second-order valence-corrected chi connectivity index (χ2v) is 5.57. The van der Waals surface area contributed by atoms with E-state index < -0.39 is 0 Å². The number of furan rings is 1. The summed E-state index contributed by atoms with van der Waals surface area (Å²) < 4.78 is 5.31. The van der Waals surface area contributed by atoms with Gasteiger partial charge in [-0.05, 0) is 43.7 Å². The van der Waals surface area contributed by atoms with E-state index in [0.29, 0.717) is 23.9 Å². The van der Waals surface area contributed by atoms with Crippen molar-refractivity contribution in [1.82, 2.24) is 10.2 Å². The van der Waals surface area contributed by atoms with E-state index in [-0.39, 0.29) is 24.1 Å². The predicted molar refractivity (Wildman–Crippen MR) is 88.3 cm³/mol. The van der Waals surface area contributed by atoms with Crippen LogP contribution >= 0.6 is 11.6 Å². The van der Waals surface area contributed by atoms with Gasteiger partial charge in [0.15, 0.2) is 5.76 Å². The van der Waals surface area contributed by atoms with Crippen LogP contribution in [0.15, 0.2) is 40.8 Å². The lowest BCUT2D eigenvalue weighted by atomic mass is 10.2. The summed E-state index contributed by atoms with van der Waals surface area (Å²) in [5.74, 6) is 0.395. The van der Waals surface area contributed by atoms with Gasteiger partial charge in [0.2, 0.25) is 5.91 Å². The molecule has 2 rings (SSSR count). The van der Waals surface area contributed by atoms with Crippen LogP contribution in [0.5, 0.6) is 0 Å². The highest BCUT2D eigenvalue weighted by Crippen LogP contribution is 2.10. The average Bonchev–Trinajstić information content (AvgIpc) is 2.98. The molecule has 0 saturated heterocycles. The maximum atomic E-state index is 12.3. The van der Waals surface area contributed by atoms with E-state index in [1.54, 1.807) is 31.2 Å². The molecule has 0 aliphatic carbocycles. The molecule has 0 aliphatic heterocycles. The zero-order chi connectivity index (χ0) is 16.8. The van der Waals surface area contributed by atoms with Gasteiger partial charge in [0, 0.05) is 18.1 Å². The highest BCUT2D eigenvalue weighted by atomic mass is 35.5. The van der Waals surface area contributed by atoms with Crippen LogP contribution in [0.4, 0.5) is 0 Å². The van der Waals surface area contributed by atoms with Gasteiger partial charge in [0.25, 0.3) is 5.91 Å². The van der Waals surface area contributed by atoms with E-state index >= 15 is 0 Å². The lowest BCUT2D eigenvalue weighted by molar-refractivity contribution is -0.121. The first-order chi connectivity index (χ1) is 11.0. The molecule has 0 radical (unpaired) electrons. The number of rotatable bonds is 6. The minimum absolute atomic E-state index is 0.0112. The standard InChI is InChI=1S/C17H19ClN2O3/c1-3-20(17(22)15-9-4-12(2)23-15)11-16(21)19-10-13-5-7-14(18)8-6-13/h4-9H,3,10-11H2,1-2H3,(H,19,21). The largest absolute Gasteiger partial charge is 0.456 e. The molecule has 1 aromatic carbocycles. The molecule has 23 heavy (non-hydrogen) atoms. The Bertz CT molecular complexity index is 679. The topological polar surface area (TPSA) is 62.6 Å². The third-order valence-corrected chi connectivity index (χ3v) is 3.61. The molecule has 0 bridgehead atoms. The van der Waals surface area contributed by atoms with Crippen molar-refractivity contribution in [1.29, 1.82) is 0 Å². The average molecular weight is 335 g/mol. The SMILES string of the molecule is CCN(CC(=O)NCc1ccc(Cl)cc1)C(=O)c1ccc(C)o1. The first-order valence-electron chi connectivity index (χ1n) is 7.36. The zero-order valence-electron chi connectivity index (χ0n) is 13.1. The van der Waals surface area contributed by atoms with Gasteiger partial charge in [-0.2, -0.15) is 0 Å². The third kappa shape index (κ3) is 4.86. The van der Waals surface area contributed by atoms with Crippen LogP contribution in [-0.2, 0) is 11.3 Å². The Morgan fingerprint density at radius 3 is 2.43 bits per heavy atom. The van der Waals surface area contributed by atoms with Gasteiger partial charge in [-0.25, -0.2) is 0 Å². The molecule has 0 unspecified atom stereocenters. The summed E-state index contributed by atoms with van der Waals surface area (Å²) in [6, 6.07) is 10.6. The van der Waals surface area contributed by atoms with E-state index in [1.807, 2.05) is 19.1 Å². The number of hydrogen-bond acceptors (Lipinski definition) is 3. The molecule has 0 aliphatic rings. The lowest BCUT2D eigenvalue weighted by Gasteiger charge is -2.19. The van der Waals surface area contributed by atoms with Gasteiger partial charge >= 0.3 is 0 Å². The maximum Gasteiger partial charge on any atom is 0.290 e. The Morgan fingerprint density at radius 2 is 1.87 bits per heavy atom. The van der Waals surface area contributed by atoms with Crippen molar-refractivity contribution in [2.24, 2.45) is 0 Å². The van der Waals surface area contributed by atoms with Gasteiger partial charge in [-0.3, -0.25) is 9.59 Å². The number of aryl methyl sites for hydroxylation is 1. The number of amides is 2. The van der Waals surface area contributed by atoms with Crippen LogP contribution in [0.1, 0.15) is 28.8 Å². The summed E-state index contributed by atoms with van der Waals surface area (Å²) in [5.41, 5.74) is 0.943. The highest BCUT2D eigenvalue weighted by molar-refractivity contribution is 6.30. The number of carbonyl (C=O) groups is 2.